The van der Waals surface area contributed by atoms with E-state index in [1.54, 1.807) is 57.4 Å². The molecule has 36 heavy (non-hydrogen) atoms. The van der Waals surface area contributed by atoms with Crippen molar-refractivity contribution in [2.45, 2.75) is 65.1 Å². The zero-order valence-corrected chi connectivity index (χ0v) is 21.3. The summed E-state index contributed by atoms with van der Waals surface area (Å²) >= 11 is 0. The fourth-order valence-corrected chi connectivity index (χ4v) is 4.49. The maximum absolute atomic E-state index is 12.8. The number of aliphatic hydroxyl groups is 2. The Morgan fingerprint density at radius 1 is 1.06 bits per heavy atom. The largest absolute Gasteiger partial charge is 0.496 e. The molecule has 1 aliphatic heterocycles. The minimum atomic E-state index is -1.25. The number of methoxy groups -OCH3 is 1. The molecule has 192 valence electrons. The van der Waals surface area contributed by atoms with E-state index in [0.29, 0.717) is 33.6 Å². The second-order valence-corrected chi connectivity index (χ2v) is 9.93. The molecule has 0 bridgehead atoms. The number of aliphatic hydroxyl groups excluding tert-OH is 2. The molecule has 1 fully saturated rings. The number of fused-ring (bicyclic) bond motifs is 1. The molecule has 1 unspecified atom stereocenters. The summed E-state index contributed by atoms with van der Waals surface area (Å²) in [6.45, 7) is 9.03. The van der Waals surface area contributed by atoms with Crippen LogP contribution in [0.3, 0.4) is 0 Å². The first-order valence-electron chi connectivity index (χ1n) is 11.9. The highest BCUT2D eigenvalue weighted by Crippen LogP contribution is 2.36. The quantitative estimate of drug-likeness (QED) is 0.392. The van der Waals surface area contributed by atoms with Crippen LogP contribution in [0.1, 0.15) is 47.8 Å². The van der Waals surface area contributed by atoms with Gasteiger partial charge in [0, 0.05) is 34.4 Å². The van der Waals surface area contributed by atoms with Crippen molar-refractivity contribution >= 4 is 16.8 Å². The maximum atomic E-state index is 12.8. The van der Waals surface area contributed by atoms with Gasteiger partial charge in [-0.2, -0.15) is 0 Å². The van der Waals surface area contributed by atoms with Gasteiger partial charge in [-0.3, -0.25) is 4.79 Å². The number of ether oxygens (including phenoxy) is 3. The Morgan fingerprint density at radius 3 is 2.42 bits per heavy atom. The topological polar surface area (TPSA) is 115 Å². The number of hydrogen-bond donors (Lipinski definition) is 2. The van der Waals surface area contributed by atoms with Crippen LogP contribution in [0.2, 0.25) is 0 Å². The second-order valence-electron chi connectivity index (χ2n) is 9.93. The molecule has 3 aromatic rings. The van der Waals surface area contributed by atoms with Crippen LogP contribution in [0.4, 0.5) is 0 Å². The van der Waals surface area contributed by atoms with Crippen LogP contribution >= 0.6 is 0 Å². The predicted molar refractivity (Wildman–Crippen MR) is 134 cm³/mol. The Labute approximate surface area is 209 Å². The Kier molecular flexibility index (Phi) is 6.96. The van der Waals surface area contributed by atoms with Crippen molar-refractivity contribution in [2.24, 2.45) is 5.92 Å². The van der Waals surface area contributed by atoms with Crippen molar-refractivity contribution in [1.82, 2.24) is 0 Å². The monoisotopic (exact) mass is 496 g/mol. The highest BCUT2D eigenvalue weighted by atomic mass is 16.7. The van der Waals surface area contributed by atoms with E-state index in [-0.39, 0.29) is 23.7 Å². The Bertz CT molecular complexity index is 1360. The molecule has 2 N–H and O–H groups in total. The third-order valence-corrected chi connectivity index (χ3v) is 7.14. The molecular weight excluding hydrogens is 464 g/mol. The third-order valence-electron chi connectivity index (χ3n) is 7.14. The minimum absolute atomic E-state index is 0.103. The normalized spacial score (nSPS) is 23.4. The molecule has 8 nitrogen and oxygen atoms in total. The molecular formula is C28H32O8. The van der Waals surface area contributed by atoms with Gasteiger partial charge in [0.25, 0.3) is 0 Å². The van der Waals surface area contributed by atoms with Crippen molar-refractivity contribution in [2.75, 3.05) is 7.11 Å². The Morgan fingerprint density at radius 2 is 1.75 bits per heavy atom. The van der Waals surface area contributed by atoms with E-state index < -0.39 is 29.7 Å². The van der Waals surface area contributed by atoms with Gasteiger partial charge in [-0.15, -0.1) is 0 Å². The summed E-state index contributed by atoms with van der Waals surface area (Å²) in [5.41, 5.74) is 1.08. The van der Waals surface area contributed by atoms with Gasteiger partial charge in [0.05, 0.1) is 18.8 Å². The van der Waals surface area contributed by atoms with E-state index in [4.69, 9.17) is 18.6 Å². The summed E-state index contributed by atoms with van der Waals surface area (Å²) in [4.78, 5) is 25.6. The van der Waals surface area contributed by atoms with Gasteiger partial charge in [0.2, 0.25) is 6.29 Å². The number of rotatable bonds is 6. The number of ketones is 1. The van der Waals surface area contributed by atoms with Crippen molar-refractivity contribution in [3.63, 3.8) is 0 Å². The van der Waals surface area contributed by atoms with E-state index in [1.807, 2.05) is 20.8 Å². The molecule has 0 spiro atoms. The molecule has 4 rings (SSSR count). The molecule has 8 heteroatoms. The Balaban J connectivity index is 1.59. The number of aryl methyl sites for hydroxylation is 2. The first kappa shape index (κ1) is 25.9. The Hall–Kier alpha value is -3.20. The predicted octanol–water partition coefficient (Wildman–Crippen LogP) is 3.72. The van der Waals surface area contributed by atoms with Crippen LogP contribution in [0, 0.1) is 19.8 Å². The van der Waals surface area contributed by atoms with Gasteiger partial charge in [-0.25, -0.2) is 4.79 Å². The van der Waals surface area contributed by atoms with E-state index in [2.05, 4.69) is 0 Å². The van der Waals surface area contributed by atoms with Gasteiger partial charge >= 0.3 is 5.63 Å². The summed E-state index contributed by atoms with van der Waals surface area (Å²) in [5.74, 6) is 0.530. The smallest absolute Gasteiger partial charge is 0.339 e. The summed E-state index contributed by atoms with van der Waals surface area (Å²) in [6.07, 6.45) is -3.47. The number of Topliss-reactive ketones (excluding diaryl/α,β-unsaturated/α-hetero) is 1. The van der Waals surface area contributed by atoms with Gasteiger partial charge in [-0.05, 0) is 69.7 Å². The number of hydrogen-bond acceptors (Lipinski definition) is 8. The van der Waals surface area contributed by atoms with Crippen LogP contribution in [-0.2, 0) is 11.2 Å². The van der Waals surface area contributed by atoms with E-state index in [1.165, 1.54) is 0 Å². The molecule has 1 aliphatic rings. The molecule has 2 heterocycles. The van der Waals surface area contributed by atoms with Crippen molar-refractivity contribution in [3.05, 3.63) is 69.1 Å². The molecule has 0 radical (unpaired) electrons. The lowest BCUT2D eigenvalue weighted by Crippen LogP contribution is -2.59. The van der Waals surface area contributed by atoms with Crippen molar-refractivity contribution in [1.29, 1.82) is 0 Å². The number of carbonyl (C=O) groups is 1. The van der Waals surface area contributed by atoms with E-state index in [0.717, 1.165) is 5.56 Å². The second kappa shape index (κ2) is 9.69. The van der Waals surface area contributed by atoms with Crippen LogP contribution in [0.25, 0.3) is 11.0 Å². The number of benzene rings is 2. The van der Waals surface area contributed by atoms with E-state index in [9.17, 15) is 19.8 Å². The lowest BCUT2D eigenvalue weighted by molar-refractivity contribution is -0.285. The van der Waals surface area contributed by atoms with Crippen LogP contribution < -0.4 is 15.1 Å². The van der Waals surface area contributed by atoms with Gasteiger partial charge < -0.3 is 28.8 Å². The summed E-state index contributed by atoms with van der Waals surface area (Å²) in [6, 6.07) is 10.2. The van der Waals surface area contributed by atoms with Gasteiger partial charge in [0.1, 0.15) is 23.2 Å². The molecule has 1 aromatic heterocycles. The van der Waals surface area contributed by atoms with Crippen LogP contribution in [0.15, 0.2) is 45.6 Å². The third kappa shape index (κ3) is 4.76. The lowest BCUT2D eigenvalue weighted by atomic mass is 9.82. The first-order valence-corrected chi connectivity index (χ1v) is 11.9. The molecule has 0 aliphatic carbocycles. The molecule has 0 saturated carbocycles. The van der Waals surface area contributed by atoms with Crippen LogP contribution in [-0.4, -0.2) is 47.2 Å². The lowest BCUT2D eigenvalue weighted by Gasteiger charge is -2.46. The SMILES string of the molecule is COc1ccc(C(=O)Cc2cc3ccc(O[C@@H]4OC(C)(C)[C@H](C)[C@@H](O)C4O)c(C)c3oc2=O)cc1C. The summed E-state index contributed by atoms with van der Waals surface area (Å²) in [5, 5.41) is 21.6. The standard InChI is InChI=1S/C28H32O8/c1-14-11-17(7-9-21(14)33-6)20(29)13-19-12-18-8-10-22(15(2)25(18)35-26(19)32)34-27-24(31)23(30)16(3)28(4,5)36-27/h7-12,16,23-24,27,30-31H,13H2,1-6H3/t16-,23-,24?,27-/m1/s1. The molecule has 2 aromatic carbocycles. The fraction of sp³-hybridized carbons (Fsp3) is 0.429. The average Bonchev–Trinajstić information content (AvgIpc) is 2.83. The summed E-state index contributed by atoms with van der Waals surface area (Å²) in [7, 11) is 1.57. The van der Waals surface area contributed by atoms with E-state index >= 15 is 0 Å². The zero-order chi connectivity index (χ0) is 26.4. The van der Waals surface area contributed by atoms with Crippen molar-refractivity contribution in [3.8, 4) is 11.5 Å². The van der Waals surface area contributed by atoms with Gasteiger partial charge in [-0.1, -0.05) is 6.92 Å². The minimum Gasteiger partial charge on any atom is -0.496 e. The fourth-order valence-electron chi connectivity index (χ4n) is 4.49. The maximum Gasteiger partial charge on any atom is 0.339 e. The highest BCUT2D eigenvalue weighted by molar-refractivity contribution is 5.98. The molecule has 4 atom stereocenters. The molecule has 0 amide bonds. The number of carbonyl (C=O) groups excluding carboxylic acids is 1. The first-order chi connectivity index (χ1) is 16.9. The van der Waals surface area contributed by atoms with Crippen LogP contribution in [0.5, 0.6) is 11.5 Å². The van der Waals surface area contributed by atoms with Gasteiger partial charge in [0.15, 0.2) is 5.78 Å². The summed E-state index contributed by atoms with van der Waals surface area (Å²) < 4.78 is 22.7. The van der Waals surface area contributed by atoms with Crippen molar-refractivity contribution < 1.29 is 33.6 Å². The molecule has 1 saturated heterocycles. The highest BCUT2D eigenvalue weighted by Gasteiger charge is 2.47. The zero-order valence-electron chi connectivity index (χ0n) is 21.3. The average molecular weight is 497 g/mol.